The third kappa shape index (κ3) is 15.9. The van der Waals surface area contributed by atoms with E-state index in [0.29, 0.717) is 39.7 Å². The minimum Gasteiger partial charge on any atom is -0.469 e. The number of nitrogens with one attached hydrogen (secondary N) is 4. The van der Waals surface area contributed by atoms with Gasteiger partial charge in [0, 0.05) is 119 Å². The molecule has 10 atom stereocenters. The van der Waals surface area contributed by atoms with E-state index in [0.717, 1.165) is 22.3 Å². The lowest BCUT2D eigenvalue weighted by molar-refractivity contribution is -0.147. The number of carbonyl (C=O) groups is 9. The number of ether oxygens (including phenoxy) is 9. The molecule has 5 N–H and O–H groups in total. The van der Waals surface area contributed by atoms with Gasteiger partial charge in [0.2, 0.25) is 11.8 Å². The maximum Gasteiger partial charge on any atom is 0.407 e. The Hall–Kier alpha value is -8.62. The fourth-order valence-electron chi connectivity index (χ4n) is 16.2. The highest BCUT2D eigenvalue weighted by Crippen LogP contribution is 2.63. The van der Waals surface area contributed by atoms with Crippen molar-refractivity contribution in [2.75, 3.05) is 88.8 Å². The number of aliphatic imine (C=N–C) groups is 3. The van der Waals surface area contributed by atoms with Crippen molar-refractivity contribution in [2.45, 2.75) is 162 Å². The van der Waals surface area contributed by atoms with Gasteiger partial charge in [-0.25, -0.2) is 4.79 Å². The third-order valence-electron chi connectivity index (χ3n) is 22.4. The van der Waals surface area contributed by atoms with Crippen molar-refractivity contribution in [3.63, 3.8) is 0 Å². The number of methoxy groups -OCH3 is 6. The van der Waals surface area contributed by atoms with E-state index in [1.807, 2.05) is 90.1 Å². The summed E-state index contributed by atoms with van der Waals surface area (Å²) in [6.45, 7) is 17.2. The Morgan fingerprint density at radius 1 is 0.634 bits per heavy atom. The van der Waals surface area contributed by atoms with Crippen LogP contribution in [0.5, 0.6) is 0 Å². The first-order valence-electron chi connectivity index (χ1n) is 34.5. The molecule has 8 bridgehead atoms. The summed E-state index contributed by atoms with van der Waals surface area (Å²) in [5.41, 5.74) is -1.07. The molecule has 550 valence electrons. The lowest BCUT2D eigenvalue weighted by Crippen LogP contribution is -2.55. The molecule has 1 fully saturated rings. The van der Waals surface area contributed by atoms with Crippen LogP contribution in [0.1, 0.15) is 150 Å². The van der Waals surface area contributed by atoms with Crippen LogP contribution in [0.2, 0.25) is 0 Å². The number of nitrogens with zero attached hydrogens (tertiary/aromatic N) is 3. The number of allylic oxidation sites excluding steroid dienone is 4. The quantitative estimate of drug-likeness (QED) is 0.0274. The van der Waals surface area contributed by atoms with Crippen LogP contribution in [-0.4, -0.2) is 188 Å². The molecular weight excluding hydrogens is 1300 g/mol. The Balaban J connectivity index is 1.09. The summed E-state index contributed by atoms with van der Waals surface area (Å²) < 4.78 is 48.9. The predicted molar refractivity (Wildman–Crippen MR) is 373 cm³/mol. The molecule has 8 rings (SSSR count). The summed E-state index contributed by atoms with van der Waals surface area (Å²) in [6, 6.07) is 14.1. The summed E-state index contributed by atoms with van der Waals surface area (Å²) >= 11 is 0. The number of carbonyl (C=O) groups excluding carboxylic acids is 9. The molecule has 2 aromatic carbocycles. The van der Waals surface area contributed by atoms with E-state index in [2.05, 4.69) is 21.3 Å². The molecule has 26 nitrogen and oxygen atoms in total. The zero-order chi connectivity index (χ0) is 74.0. The second-order valence-electron chi connectivity index (χ2n) is 28.4. The second kappa shape index (κ2) is 32.6. The molecule has 0 saturated carbocycles. The number of esters is 6. The molecule has 26 heteroatoms. The molecule has 5 heterocycles. The smallest absolute Gasteiger partial charge is 0.407 e. The number of alkyl carbamates (subject to hydrolysis) is 1. The molecule has 1 unspecified atom stereocenters. The Bertz CT molecular complexity index is 3680. The maximum absolute atomic E-state index is 14.9. The SMILES string of the molecule is COC(=O)CC[C@@H]1C2=C(C)C3=NC([C@H](CC(=O)OC)[C@@]3(C)CCC(=O)OC)[C@]3(C)N=C(/C(C)=C4\NC(=CC(=N2)C1(C)C)[C@@](O)(CCC(=O)OC)[C@]4(C)CC(=O)NCCOCCOCCNC(=O)[C@@H](C)NC(=O)OCC1c2ccccc2-c2ccccc21)[C@@H](CCC(=O)OC)[C@]3(C)CC(=O)OC. The van der Waals surface area contributed by atoms with E-state index in [9.17, 15) is 48.3 Å². The fraction of sp³-hybridized carbons (Fsp3) is 0.600. The van der Waals surface area contributed by atoms with E-state index in [1.54, 1.807) is 26.8 Å². The Labute approximate surface area is 591 Å². The monoisotopic (exact) mass is 1400 g/mol. The van der Waals surface area contributed by atoms with Gasteiger partial charge in [-0.15, -0.1) is 0 Å². The summed E-state index contributed by atoms with van der Waals surface area (Å²) in [4.78, 5) is 139. The summed E-state index contributed by atoms with van der Waals surface area (Å²) in [5.74, 6) is -6.64. The number of rotatable bonds is 31. The van der Waals surface area contributed by atoms with Gasteiger partial charge < -0.3 is 69.0 Å². The number of hydrogen-bond acceptors (Lipinski definition) is 23. The third-order valence-corrected chi connectivity index (χ3v) is 22.4. The second-order valence-corrected chi connectivity index (χ2v) is 28.4. The van der Waals surface area contributed by atoms with E-state index >= 15 is 0 Å². The minimum absolute atomic E-state index is 0.0163. The summed E-state index contributed by atoms with van der Waals surface area (Å²) in [5, 5.41) is 25.9. The number of amides is 3. The van der Waals surface area contributed by atoms with Crippen molar-refractivity contribution in [2.24, 2.45) is 54.4 Å². The minimum atomic E-state index is -2.11. The molecule has 1 saturated heterocycles. The van der Waals surface area contributed by atoms with Gasteiger partial charge in [0.15, 0.2) is 0 Å². The molecule has 5 aliphatic heterocycles. The number of fused-ring (bicyclic) bond motifs is 9. The van der Waals surface area contributed by atoms with Gasteiger partial charge in [0.1, 0.15) is 18.2 Å². The molecule has 101 heavy (non-hydrogen) atoms. The lowest BCUT2D eigenvalue weighted by atomic mass is 9.55. The molecule has 2 aromatic rings. The average molecular weight is 1400 g/mol. The van der Waals surface area contributed by atoms with Crippen LogP contribution in [0.15, 0.2) is 97.8 Å². The predicted octanol–water partition coefficient (Wildman–Crippen LogP) is 7.67. The van der Waals surface area contributed by atoms with Crippen molar-refractivity contribution in [3.8, 4) is 11.1 Å². The highest BCUT2D eigenvalue weighted by molar-refractivity contribution is 6.10. The molecule has 0 aromatic heterocycles. The first kappa shape index (κ1) is 78.1. The van der Waals surface area contributed by atoms with Gasteiger partial charge in [-0.2, -0.15) is 0 Å². The van der Waals surface area contributed by atoms with E-state index in [4.69, 9.17) is 57.6 Å². The highest BCUT2D eigenvalue weighted by Gasteiger charge is 2.67. The van der Waals surface area contributed by atoms with Gasteiger partial charge in [-0.3, -0.25) is 53.3 Å². The number of benzene rings is 2. The Kier molecular flexibility index (Phi) is 25.2. The molecule has 0 spiro atoms. The normalized spacial score (nSPS) is 26.9. The zero-order valence-corrected chi connectivity index (χ0v) is 61.0. The van der Waals surface area contributed by atoms with Gasteiger partial charge in [-0.1, -0.05) is 83.1 Å². The van der Waals surface area contributed by atoms with E-state index in [-0.39, 0.29) is 122 Å². The van der Waals surface area contributed by atoms with Gasteiger partial charge in [0.25, 0.3) is 0 Å². The Morgan fingerprint density at radius 3 is 1.74 bits per heavy atom. The first-order valence-corrected chi connectivity index (χ1v) is 34.5. The standard InChI is InChI=1S/C75H101N7O19/c1-43-63-51(24-26-57(84)93-10)70(4,5)54(79-63)39-55-75(92,31-29-60(87)96-13)73(8,40-56(83)76-32-34-99-36-37-100-35-33-77-68(90)45(3)78-69(91)101-42-50-48-22-18-16-20-46(48)47-21-17-19-23-49(47)50)66(80-55)44(2)64-52(25-27-58(85)94-11)72(7,41-62(89)98-15)74(9,82-64)67-53(38-61(88)97-14)71(6,65(43)81-67)30-28-59(86)95-12/h16-23,39,45,50-53,67,80,92H,24-38,40-42H2,1-15H3,(H,76,83)(H,77,90)(H,78,91)/b55-39?,63-43?,66-44-/t45-,51-,52-,53+,67?,71-,72+,73-,74+,75+/m1/s1. The molecule has 3 amide bonds. The average Bonchev–Trinajstić information content (AvgIpc) is 1.53. The zero-order valence-electron chi connectivity index (χ0n) is 61.0. The van der Waals surface area contributed by atoms with Gasteiger partial charge >= 0.3 is 41.9 Å². The van der Waals surface area contributed by atoms with Crippen molar-refractivity contribution in [3.05, 3.63) is 94.0 Å². The van der Waals surface area contributed by atoms with Crippen molar-refractivity contribution in [1.29, 1.82) is 0 Å². The largest absolute Gasteiger partial charge is 0.469 e. The fourth-order valence-corrected chi connectivity index (χ4v) is 16.2. The highest BCUT2D eigenvalue weighted by atomic mass is 16.6. The van der Waals surface area contributed by atoms with Gasteiger partial charge in [0.05, 0.1) is 98.9 Å². The van der Waals surface area contributed by atoms with Crippen LogP contribution in [0.4, 0.5) is 4.79 Å². The summed E-state index contributed by atoms with van der Waals surface area (Å²) in [7, 11) is 7.65. The van der Waals surface area contributed by atoms with Crippen molar-refractivity contribution >= 4 is 70.9 Å². The van der Waals surface area contributed by atoms with Crippen LogP contribution >= 0.6 is 0 Å². The number of hydrogen-bond donors (Lipinski definition) is 5. The van der Waals surface area contributed by atoms with Crippen LogP contribution < -0.4 is 21.3 Å². The van der Waals surface area contributed by atoms with Crippen LogP contribution in [0, 0.1) is 39.4 Å². The Morgan fingerprint density at radius 2 is 1.17 bits per heavy atom. The molecule has 1 aliphatic carbocycles. The maximum atomic E-state index is 14.9. The van der Waals surface area contributed by atoms with E-state index in [1.165, 1.54) is 42.7 Å². The van der Waals surface area contributed by atoms with Crippen LogP contribution in [0.25, 0.3) is 11.1 Å². The topological polar surface area (TPSA) is 342 Å². The number of aliphatic hydroxyl groups is 1. The molecule has 0 radical (unpaired) electrons. The molecular formula is C75H101N7O19. The van der Waals surface area contributed by atoms with Gasteiger partial charge in [-0.05, 0) is 92.9 Å². The summed E-state index contributed by atoms with van der Waals surface area (Å²) in [6.07, 6.45) is -0.403. The van der Waals surface area contributed by atoms with E-state index < -0.39 is 123 Å². The lowest BCUT2D eigenvalue weighted by Gasteiger charge is -2.48. The van der Waals surface area contributed by atoms with Crippen molar-refractivity contribution in [1.82, 2.24) is 21.3 Å². The van der Waals surface area contributed by atoms with Crippen molar-refractivity contribution < 1.29 is 90.9 Å². The van der Waals surface area contributed by atoms with Crippen LogP contribution in [0.3, 0.4) is 0 Å². The van der Waals surface area contributed by atoms with Crippen LogP contribution in [-0.2, 0) is 81.0 Å². The molecule has 6 aliphatic rings. The first-order chi connectivity index (χ1) is 47.9.